The van der Waals surface area contributed by atoms with E-state index in [4.69, 9.17) is 0 Å². The number of likely N-dealkylation sites (N-methyl/N-ethyl adjacent to an activating group) is 1. The van der Waals surface area contributed by atoms with Crippen LogP contribution in [0.1, 0.15) is 102 Å². The highest BCUT2D eigenvalue weighted by Crippen LogP contribution is 2.18. The van der Waals surface area contributed by atoms with Gasteiger partial charge in [0.2, 0.25) is 23.6 Å². The lowest BCUT2D eigenvalue weighted by molar-refractivity contribution is -0.142. The summed E-state index contributed by atoms with van der Waals surface area (Å²) < 4.78 is 0. The molecule has 0 aliphatic carbocycles. The Labute approximate surface area is 379 Å². The molecule has 0 saturated carbocycles. The lowest BCUT2D eigenvalue weighted by atomic mass is 9.95. The maximum absolute atomic E-state index is 13.8. The number of aliphatic carboxylic acids is 1. The average Bonchev–Trinajstić information content (AvgIpc) is 3.29. The molecule has 4 aromatic rings. The van der Waals surface area contributed by atoms with Crippen LogP contribution in [0.2, 0.25) is 0 Å². The molecule has 0 heterocycles. The van der Waals surface area contributed by atoms with Crippen molar-refractivity contribution >= 4 is 46.2 Å². The first-order valence-electron chi connectivity index (χ1n) is 22.6. The third-order valence-corrected chi connectivity index (χ3v) is 10.4. The smallest absolute Gasteiger partial charge is 0.326 e. The van der Waals surface area contributed by atoms with E-state index in [1.165, 1.54) is 12.1 Å². The number of phenolic OH excluding ortho intramolecular Hbond substituents is 1. The molecule has 0 saturated heterocycles. The molecule has 0 spiro atoms. The molecule has 0 aliphatic rings. The summed E-state index contributed by atoms with van der Waals surface area (Å²) in [5.74, 6) is -3.07. The van der Waals surface area contributed by atoms with Crippen molar-refractivity contribution < 1.29 is 39.0 Å². The fraction of sp³-hybridized carbons (Fsp3) is 0.451. The van der Waals surface area contributed by atoms with Gasteiger partial charge in [-0.25, -0.2) is 4.79 Å². The monoisotopic (exact) mass is 882 g/mol. The van der Waals surface area contributed by atoms with E-state index >= 15 is 0 Å². The molecular formula is C51H71N5O8. The third-order valence-electron chi connectivity index (χ3n) is 10.4. The summed E-state index contributed by atoms with van der Waals surface area (Å²) in [5, 5.41) is 35.8. The standard InChI is InChI=1S/C47H59N5O8.2C2H6/c1-30(2)44(56)39(27-32-17-15-31(3)16-18-32)50-43(55)14-9-13-42(54)49-25-8-7-12-38(47(59)60)51-46(58)41(29-34-19-22-35-10-5-6-11-36(35)26-34)52-45(57)40(48-4)28-33-20-23-37(53)24-21-33;2*1-2/h5-6,10-11,15-24,26,30,38-41,48,53H,7-9,12-14,25,27-29H2,1-4H3,(H,49,54)(H,50,55)(H,51,58)(H,52,57)(H,59,60);2*1-2H3. The molecule has 0 radical (unpaired) electrons. The molecule has 348 valence electrons. The topological polar surface area (TPSA) is 203 Å². The number of nitrogens with one attached hydrogen (secondary N) is 5. The largest absolute Gasteiger partial charge is 0.508 e. The maximum Gasteiger partial charge on any atom is 0.326 e. The molecule has 0 aliphatic heterocycles. The molecule has 64 heavy (non-hydrogen) atoms. The Morgan fingerprint density at radius 2 is 1.11 bits per heavy atom. The van der Waals surface area contributed by atoms with Crippen molar-refractivity contribution in [1.29, 1.82) is 0 Å². The lowest BCUT2D eigenvalue weighted by Crippen LogP contribution is -2.56. The van der Waals surface area contributed by atoms with Crippen molar-refractivity contribution in [3.8, 4) is 5.75 Å². The first kappa shape index (κ1) is 54.1. The van der Waals surface area contributed by atoms with Crippen molar-refractivity contribution in [2.75, 3.05) is 13.6 Å². The van der Waals surface area contributed by atoms with E-state index in [2.05, 4.69) is 26.6 Å². The van der Waals surface area contributed by atoms with Crippen LogP contribution in [0, 0.1) is 12.8 Å². The van der Waals surface area contributed by atoms with E-state index in [0.717, 1.165) is 33.0 Å². The van der Waals surface area contributed by atoms with Crippen LogP contribution in [0.4, 0.5) is 0 Å². The lowest BCUT2D eigenvalue weighted by Gasteiger charge is -2.24. The van der Waals surface area contributed by atoms with E-state index in [9.17, 15) is 39.0 Å². The second kappa shape index (κ2) is 29.3. The molecule has 0 fully saturated rings. The Bertz CT molecular complexity index is 2070. The highest BCUT2D eigenvalue weighted by Gasteiger charge is 2.29. The number of carbonyl (C=O) groups is 6. The highest BCUT2D eigenvalue weighted by atomic mass is 16.4. The zero-order valence-corrected chi connectivity index (χ0v) is 39.0. The predicted octanol–water partition coefficient (Wildman–Crippen LogP) is 6.74. The van der Waals surface area contributed by atoms with Gasteiger partial charge in [-0.05, 0) is 92.1 Å². The second-order valence-electron chi connectivity index (χ2n) is 15.6. The van der Waals surface area contributed by atoms with Crippen molar-refractivity contribution in [2.45, 2.75) is 130 Å². The Morgan fingerprint density at radius 1 is 0.578 bits per heavy atom. The Morgan fingerprint density at radius 3 is 1.72 bits per heavy atom. The van der Waals surface area contributed by atoms with Crippen LogP contribution < -0.4 is 26.6 Å². The number of fused-ring (bicyclic) bond motifs is 1. The van der Waals surface area contributed by atoms with Crippen LogP contribution in [0.3, 0.4) is 0 Å². The minimum absolute atomic E-state index is 0.0557. The molecular weight excluding hydrogens is 811 g/mol. The summed E-state index contributed by atoms with van der Waals surface area (Å²) in [6.07, 6.45) is 2.18. The quantitative estimate of drug-likeness (QED) is 0.0372. The summed E-state index contributed by atoms with van der Waals surface area (Å²) in [7, 11) is 1.63. The first-order valence-corrected chi connectivity index (χ1v) is 22.6. The normalized spacial score (nSPS) is 12.5. The van der Waals surface area contributed by atoms with Crippen LogP contribution >= 0.6 is 0 Å². The number of benzene rings is 4. The van der Waals surface area contributed by atoms with Gasteiger partial charge in [0.25, 0.3) is 0 Å². The fourth-order valence-corrected chi connectivity index (χ4v) is 6.86. The number of carbonyl (C=O) groups excluding carboxylic acids is 5. The van der Waals surface area contributed by atoms with Crippen LogP contribution in [0.15, 0.2) is 91.0 Å². The minimum atomic E-state index is -1.24. The van der Waals surface area contributed by atoms with Crippen molar-refractivity contribution in [1.82, 2.24) is 26.6 Å². The number of carboxylic acids is 1. The van der Waals surface area contributed by atoms with Gasteiger partial charge in [-0.2, -0.15) is 0 Å². The number of Topliss-reactive ketones (excluding diaryl/α,β-unsaturated/α-hetero) is 1. The predicted molar refractivity (Wildman–Crippen MR) is 254 cm³/mol. The molecule has 4 atom stereocenters. The molecule has 4 aromatic carbocycles. The number of phenols is 1. The molecule has 0 bridgehead atoms. The van der Waals surface area contributed by atoms with E-state index in [1.54, 1.807) is 33.0 Å². The Balaban J connectivity index is 0.00000342. The number of amides is 4. The number of carboxylic acid groups (broad SMARTS) is 1. The van der Waals surface area contributed by atoms with Crippen molar-refractivity contribution in [3.05, 3.63) is 113 Å². The van der Waals surface area contributed by atoms with Gasteiger partial charge in [-0.1, -0.05) is 126 Å². The molecule has 0 aromatic heterocycles. The Kier molecular flexibility index (Phi) is 24.8. The van der Waals surface area contributed by atoms with Gasteiger partial charge >= 0.3 is 5.97 Å². The number of unbranched alkanes of at least 4 members (excludes halogenated alkanes) is 1. The molecule has 4 amide bonds. The minimum Gasteiger partial charge on any atom is -0.508 e. The molecule has 4 unspecified atom stereocenters. The van der Waals surface area contributed by atoms with Crippen LogP contribution in [-0.4, -0.2) is 83.4 Å². The van der Waals surface area contributed by atoms with Gasteiger partial charge in [0.1, 0.15) is 17.8 Å². The molecule has 4 rings (SSSR count). The summed E-state index contributed by atoms with van der Waals surface area (Å²) in [6, 6.07) is 24.1. The number of aryl methyl sites for hydroxylation is 1. The van der Waals surface area contributed by atoms with Crippen LogP contribution in [0.5, 0.6) is 5.75 Å². The van der Waals surface area contributed by atoms with Crippen molar-refractivity contribution in [3.63, 3.8) is 0 Å². The second-order valence-corrected chi connectivity index (χ2v) is 15.6. The van der Waals surface area contributed by atoms with Gasteiger partial charge in [0.15, 0.2) is 5.78 Å². The van der Waals surface area contributed by atoms with E-state index in [0.29, 0.717) is 25.7 Å². The number of aromatic hydroxyl groups is 1. The number of hydrogen-bond donors (Lipinski definition) is 7. The van der Waals surface area contributed by atoms with E-state index in [-0.39, 0.29) is 67.9 Å². The van der Waals surface area contributed by atoms with Gasteiger partial charge in [-0.3, -0.25) is 24.0 Å². The summed E-state index contributed by atoms with van der Waals surface area (Å²) in [5.41, 5.74) is 3.62. The van der Waals surface area contributed by atoms with Gasteiger partial charge in [0, 0.05) is 31.7 Å². The highest BCUT2D eigenvalue weighted by molar-refractivity contribution is 5.93. The third kappa shape index (κ3) is 19.1. The molecule has 13 nitrogen and oxygen atoms in total. The summed E-state index contributed by atoms with van der Waals surface area (Å²) >= 11 is 0. The van der Waals surface area contributed by atoms with Crippen LogP contribution in [0.25, 0.3) is 10.8 Å². The van der Waals surface area contributed by atoms with Crippen molar-refractivity contribution in [2.24, 2.45) is 5.92 Å². The zero-order valence-electron chi connectivity index (χ0n) is 39.0. The zero-order chi connectivity index (χ0) is 47.6. The first-order chi connectivity index (χ1) is 30.7. The molecule has 7 N–H and O–H groups in total. The number of rotatable bonds is 24. The van der Waals surface area contributed by atoms with E-state index < -0.39 is 42.0 Å². The van der Waals surface area contributed by atoms with Crippen LogP contribution in [-0.2, 0) is 48.0 Å². The maximum atomic E-state index is 13.8. The molecule has 13 heteroatoms. The van der Waals surface area contributed by atoms with Gasteiger partial charge < -0.3 is 36.8 Å². The average molecular weight is 882 g/mol. The Hall–Kier alpha value is -6.08. The summed E-state index contributed by atoms with van der Waals surface area (Å²) in [4.78, 5) is 77.8. The van der Waals surface area contributed by atoms with Gasteiger partial charge in [-0.15, -0.1) is 0 Å². The van der Waals surface area contributed by atoms with E-state index in [1.807, 2.05) is 101 Å². The fourth-order valence-electron chi connectivity index (χ4n) is 6.86. The van der Waals surface area contributed by atoms with Gasteiger partial charge in [0.05, 0.1) is 12.1 Å². The number of hydrogen-bond acceptors (Lipinski definition) is 8. The number of ketones is 1. The SMILES string of the molecule is CC.CC.CNC(Cc1ccc(O)cc1)C(=O)NC(Cc1ccc2ccccc2c1)C(=O)NC(CCCCNC(=O)CCCC(=O)NC(Cc1ccc(C)cc1)C(=O)C(C)C)C(=O)O. The summed E-state index contributed by atoms with van der Waals surface area (Å²) in [6.45, 7) is 13.9.